The molecule has 0 fully saturated rings. The van der Waals surface area contributed by atoms with Gasteiger partial charge in [0.2, 0.25) is 5.89 Å². The Morgan fingerprint density at radius 3 is 2.54 bits per heavy atom. The molecular weight excluding hydrogens is 431 g/mol. The molecule has 0 unspecified atom stereocenters. The van der Waals surface area contributed by atoms with Crippen molar-refractivity contribution in [2.75, 3.05) is 0 Å². The molecular formula is C19H13IN2OS. The van der Waals surface area contributed by atoms with Crippen molar-refractivity contribution < 1.29 is 4.42 Å². The second-order valence-corrected chi connectivity index (χ2v) is 7.48. The van der Waals surface area contributed by atoms with Gasteiger partial charge in [-0.3, -0.25) is 0 Å². The van der Waals surface area contributed by atoms with Crippen molar-refractivity contribution in [2.24, 2.45) is 0 Å². The lowest BCUT2D eigenvalue weighted by atomic mass is 10.1. The minimum absolute atomic E-state index is 0.562. The van der Waals surface area contributed by atoms with Crippen molar-refractivity contribution in [2.45, 2.75) is 11.0 Å². The summed E-state index contributed by atoms with van der Waals surface area (Å²) in [5.41, 5.74) is 2.21. The van der Waals surface area contributed by atoms with Crippen LogP contribution in [0.2, 0.25) is 0 Å². The first-order valence-electron chi connectivity index (χ1n) is 7.48. The lowest BCUT2D eigenvalue weighted by Gasteiger charge is -2.04. The van der Waals surface area contributed by atoms with Crippen molar-refractivity contribution in [3.05, 3.63) is 75.9 Å². The number of thioether (sulfide) groups is 1. The lowest BCUT2D eigenvalue weighted by Crippen LogP contribution is -1.84. The van der Waals surface area contributed by atoms with Crippen LogP contribution in [0.3, 0.4) is 0 Å². The van der Waals surface area contributed by atoms with E-state index < -0.39 is 0 Å². The van der Waals surface area contributed by atoms with Crippen LogP contribution in [0.15, 0.2) is 76.4 Å². The Morgan fingerprint density at radius 1 is 0.875 bits per heavy atom. The highest BCUT2D eigenvalue weighted by Gasteiger charge is 2.10. The summed E-state index contributed by atoms with van der Waals surface area (Å²) in [7, 11) is 0. The molecule has 0 aliphatic heterocycles. The monoisotopic (exact) mass is 444 g/mol. The highest BCUT2D eigenvalue weighted by molar-refractivity contribution is 14.1. The zero-order valence-corrected chi connectivity index (χ0v) is 15.6. The van der Waals surface area contributed by atoms with E-state index in [-0.39, 0.29) is 0 Å². The third-order valence-electron chi connectivity index (χ3n) is 3.73. The molecule has 0 saturated carbocycles. The summed E-state index contributed by atoms with van der Waals surface area (Å²) in [6.45, 7) is 0. The Labute approximate surface area is 157 Å². The summed E-state index contributed by atoms with van der Waals surface area (Å²) >= 11 is 3.84. The summed E-state index contributed by atoms with van der Waals surface area (Å²) < 4.78 is 6.96. The molecule has 0 radical (unpaired) electrons. The van der Waals surface area contributed by atoms with E-state index in [1.165, 1.54) is 19.9 Å². The first-order valence-corrected chi connectivity index (χ1v) is 9.55. The molecule has 0 bridgehead atoms. The number of nitrogens with zero attached hydrogens (tertiary/aromatic N) is 2. The van der Waals surface area contributed by atoms with E-state index in [0.717, 1.165) is 11.3 Å². The maximum Gasteiger partial charge on any atom is 0.277 e. The van der Waals surface area contributed by atoms with Gasteiger partial charge in [0, 0.05) is 14.9 Å². The van der Waals surface area contributed by atoms with Gasteiger partial charge in [0.15, 0.2) is 0 Å². The van der Waals surface area contributed by atoms with Crippen LogP contribution in [-0.4, -0.2) is 10.2 Å². The Morgan fingerprint density at radius 2 is 1.67 bits per heavy atom. The zero-order chi connectivity index (χ0) is 16.4. The van der Waals surface area contributed by atoms with Crippen molar-refractivity contribution in [1.29, 1.82) is 0 Å². The van der Waals surface area contributed by atoms with Gasteiger partial charge < -0.3 is 4.42 Å². The molecule has 0 atom stereocenters. The van der Waals surface area contributed by atoms with E-state index in [1.54, 1.807) is 11.8 Å². The van der Waals surface area contributed by atoms with Crippen LogP contribution >= 0.6 is 34.4 Å². The SMILES string of the molecule is Ic1ccc(-c2nnc(SCc3cccc4ccccc34)o2)cc1. The molecule has 1 aromatic heterocycles. The molecule has 0 aliphatic rings. The highest BCUT2D eigenvalue weighted by atomic mass is 127. The number of hydrogen-bond donors (Lipinski definition) is 0. The van der Waals surface area contributed by atoms with Gasteiger partial charge in [-0.1, -0.05) is 54.2 Å². The van der Waals surface area contributed by atoms with Crippen LogP contribution in [0.5, 0.6) is 0 Å². The van der Waals surface area contributed by atoms with Crippen LogP contribution in [0.4, 0.5) is 0 Å². The molecule has 5 heteroatoms. The third kappa shape index (κ3) is 3.32. The molecule has 4 aromatic rings. The highest BCUT2D eigenvalue weighted by Crippen LogP contribution is 2.28. The largest absolute Gasteiger partial charge is 0.411 e. The van der Waals surface area contributed by atoms with Crippen molar-refractivity contribution in [1.82, 2.24) is 10.2 Å². The van der Waals surface area contributed by atoms with Crippen LogP contribution < -0.4 is 0 Å². The molecule has 118 valence electrons. The van der Waals surface area contributed by atoms with Crippen molar-refractivity contribution >= 4 is 45.1 Å². The minimum atomic E-state index is 0.562. The second kappa shape index (κ2) is 6.94. The molecule has 1 heterocycles. The molecule has 0 N–H and O–H groups in total. The Bertz CT molecular complexity index is 977. The Balaban J connectivity index is 1.53. The number of aromatic nitrogens is 2. The van der Waals surface area contributed by atoms with E-state index in [0.29, 0.717) is 11.1 Å². The number of halogens is 1. The van der Waals surface area contributed by atoms with E-state index in [1.807, 2.05) is 24.3 Å². The van der Waals surface area contributed by atoms with Crippen LogP contribution in [-0.2, 0) is 5.75 Å². The normalized spacial score (nSPS) is 11.0. The van der Waals surface area contributed by atoms with Crippen LogP contribution in [0.1, 0.15) is 5.56 Å². The summed E-state index contributed by atoms with van der Waals surface area (Å²) in [5, 5.41) is 11.4. The zero-order valence-electron chi connectivity index (χ0n) is 12.6. The quantitative estimate of drug-likeness (QED) is 0.295. The molecule has 0 amide bonds. The summed E-state index contributed by atoms with van der Waals surface area (Å²) in [4.78, 5) is 0. The molecule has 0 spiro atoms. The van der Waals surface area contributed by atoms with Crippen LogP contribution in [0, 0.1) is 3.57 Å². The summed E-state index contributed by atoms with van der Waals surface area (Å²) in [5.74, 6) is 1.36. The average Bonchev–Trinajstić information content (AvgIpc) is 3.09. The Kier molecular flexibility index (Phi) is 4.53. The number of hydrogen-bond acceptors (Lipinski definition) is 4. The molecule has 4 rings (SSSR count). The van der Waals surface area contributed by atoms with Crippen LogP contribution in [0.25, 0.3) is 22.2 Å². The van der Waals surface area contributed by atoms with E-state index in [4.69, 9.17) is 4.42 Å². The lowest BCUT2D eigenvalue weighted by molar-refractivity contribution is 0.466. The maximum absolute atomic E-state index is 5.78. The smallest absolute Gasteiger partial charge is 0.277 e. The van der Waals surface area contributed by atoms with Gasteiger partial charge >= 0.3 is 0 Å². The van der Waals surface area contributed by atoms with Gasteiger partial charge in [0.05, 0.1) is 0 Å². The third-order valence-corrected chi connectivity index (χ3v) is 5.32. The molecule has 3 aromatic carbocycles. The standard InChI is InChI=1S/C19H13IN2OS/c20-16-10-8-14(9-11-16)18-21-22-19(23-18)24-12-15-6-3-5-13-4-1-2-7-17(13)15/h1-11H,12H2. The van der Waals surface area contributed by atoms with E-state index in [9.17, 15) is 0 Å². The first-order chi connectivity index (χ1) is 11.8. The van der Waals surface area contributed by atoms with Crippen molar-refractivity contribution in [3.63, 3.8) is 0 Å². The van der Waals surface area contributed by atoms with Crippen molar-refractivity contribution in [3.8, 4) is 11.5 Å². The van der Waals surface area contributed by atoms with Gasteiger partial charge in [-0.25, -0.2) is 0 Å². The summed E-state index contributed by atoms with van der Waals surface area (Å²) in [6, 6.07) is 22.8. The first kappa shape index (κ1) is 15.7. The predicted octanol–water partition coefficient (Wildman–Crippen LogP) is 5.79. The van der Waals surface area contributed by atoms with Gasteiger partial charge in [-0.05, 0) is 63.2 Å². The number of rotatable bonds is 4. The van der Waals surface area contributed by atoms with Gasteiger partial charge in [-0.2, -0.15) is 0 Å². The Hall–Kier alpha value is -1.86. The number of fused-ring (bicyclic) bond motifs is 1. The fourth-order valence-electron chi connectivity index (χ4n) is 2.54. The van der Waals surface area contributed by atoms with E-state index in [2.05, 4.69) is 75.3 Å². The maximum atomic E-state index is 5.78. The fraction of sp³-hybridized carbons (Fsp3) is 0.0526. The molecule has 3 nitrogen and oxygen atoms in total. The van der Waals surface area contributed by atoms with Gasteiger partial charge in [0.25, 0.3) is 5.22 Å². The van der Waals surface area contributed by atoms with Gasteiger partial charge in [0.1, 0.15) is 0 Å². The summed E-state index contributed by atoms with van der Waals surface area (Å²) in [6.07, 6.45) is 0. The molecule has 24 heavy (non-hydrogen) atoms. The second-order valence-electron chi connectivity index (χ2n) is 5.31. The average molecular weight is 444 g/mol. The topological polar surface area (TPSA) is 38.9 Å². The predicted molar refractivity (Wildman–Crippen MR) is 106 cm³/mol. The molecule has 0 saturated heterocycles. The van der Waals surface area contributed by atoms with E-state index >= 15 is 0 Å². The minimum Gasteiger partial charge on any atom is -0.411 e. The fourth-order valence-corrected chi connectivity index (χ4v) is 3.66. The number of benzene rings is 3. The van der Waals surface area contributed by atoms with Gasteiger partial charge in [-0.15, -0.1) is 10.2 Å². The molecule has 0 aliphatic carbocycles.